The monoisotopic (exact) mass is 1120 g/mol. The molecule has 9 heteroatoms. The van der Waals surface area contributed by atoms with Crippen molar-refractivity contribution in [2.75, 3.05) is 9.80 Å². The van der Waals surface area contributed by atoms with Crippen LogP contribution >= 0.6 is 0 Å². The molecule has 15 aromatic rings. The first-order valence-corrected chi connectivity index (χ1v) is 29.8. The number of fused-ring (bicyclic) bond motifs is 7. The lowest BCUT2D eigenvalue weighted by Gasteiger charge is -2.44. The van der Waals surface area contributed by atoms with E-state index in [0.29, 0.717) is 23.3 Å². The fourth-order valence-corrected chi connectivity index (χ4v) is 13.3. The van der Waals surface area contributed by atoms with Crippen LogP contribution in [0.15, 0.2) is 309 Å². The summed E-state index contributed by atoms with van der Waals surface area (Å²) in [6, 6.07) is 109. The maximum atomic E-state index is 5.56. The average Bonchev–Trinajstić information content (AvgIpc) is 1.00. The molecule has 0 saturated carbocycles. The predicted molar refractivity (Wildman–Crippen MR) is 362 cm³/mol. The molecule has 88 heavy (non-hydrogen) atoms. The van der Waals surface area contributed by atoms with E-state index in [4.69, 9.17) is 24.9 Å². The number of nitrogens with zero attached hydrogens (tertiary/aromatic N) is 8. The Kier molecular flexibility index (Phi) is 12.1. The first kappa shape index (κ1) is 50.7. The number of anilines is 6. The summed E-state index contributed by atoms with van der Waals surface area (Å²) < 4.78 is 2.34. The summed E-state index contributed by atoms with van der Waals surface area (Å²) in [5.41, 5.74) is 22.9. The van der Waals surface area contributed by atoms with E-state index in [2.05, 4.69) is 269 Å². The molecule has 0 bridgehead atoms. The van der Waals surface area contributed by atoms with Crippen molar-refractivity contribution in [3.8, 4) is 84.9 Å². The van der Waals surface area contributed by atoms with Crippen LogP contribution < -0.4 is 26.2 Å². The van der Waals surface area contributed by atoms with Crippen molar-refractivity contribution in [3.63, 3.8) is 0 Å². The van der Waals surface area contributed by atoms with Gasteiger partial charge in [0.15, 0.2) is 23.3 Å². The van der Waals surface area contributed by atoms with Crippen molar-refractivity contribution in [1.82, 2.24) is 29.5 Å². The predicted octanol–water partition coefficient (Wildman–Crippen LogP) is 17.5. The van der Waals surface area contributed by atoms with Gasteiger partial charge in [-0.2, -0.15) is 0 Å². The van der Waals surface area contributed by atoms with Gasteiger partial charge in [0.1, 0.15) is 0 Å². The maximum Gasteiger partial charge on any atom is 0.252 e. The van der Waals surface area contributed by atoms with Crippen LogP contribution in [0.25, 0.3) is 107 Å². The summed E-state index contributed by atoms with van der Waals surface area (Å²) in [5.74, 6) is 2.20. The molecule has 0 amide bonds. The minimum absolute atomic E-state index is 0.0490. The van der Waals surface area contributed by atoms with E-state index < -0.39 is 0 Å². The number of hydrogen-bond acceptors (Lipinski definition) is 7. The third-order valence-corrected chi connectivity index (χ3v) is 17.2. The Hall–Kier alpha value is -11.8. The van der Waals surface area contributed by atoms with Crippen LogP contribution in [0.1, 0.15) is 0 Å². The van der Waals surface area contributed by atoms with Crippen LogP contribution in [0.4, 0.5) is 34.1 Å². The van der Waals surface area contributed by atoms with Gasteiger partial charge in [-0.05, 0) is 119 Å². The summed E-state index contributed by atoms with van der Waals surface area (Å²) in [6.07, 6.45) is 0. The standard InChI is InChI=1S/C79H51BN8/c1-5-24-52(25-6-1)66-51-67(53-26-7-2-8-27-53)82-77(81-66)58-46-47-70(88-68-40-17-13-36-61(68)62-37-14-18-41-69(62)88)63(50-58)79-84-76(54-28-9-3-10-29-54)83-78(85-79)57-32-21-30-55(48-57)56-31-22-35-60(49-56)87-72-43-20-16-39-65(72)80-64-38-15-19-42-71(64)86(59-33-11-4-12-34-59)73-44-23-45-74(87)75(73)80/h1-51H. The van der Waals surface area contributed by atoms with Crippen LogP contribution in [-0.2, 0) is 0 Å². The van der Waals surface area contributed by atoms with Crippen LogP contribution in [0.2, 0.25) is 0 Å². The molecule has 2 aliphatic heterocycles. The molecule has 0 radical (unpaired) electrons. The second-order valence-electron chi connectivity index (χ2n) is 22.4. The van der Waals surface area contributed by atoms with Crippen LogP contribution in [-0.4, -0.2) is 36.2 Å². The van der Waals surface area contributed by atoms with Crippen molar-refractivity contribution in [1.29, 1.82) is 0 Å². The molecule has 0 unspecified atom stereocenters. The molecular formula is C79H51BN8. The molecule has 8 nitrogen and oxygen atoms in total. The normalized spacial score (nSPS) is 12.2. The summed E-state index contributed by atoms with van der Waals surface area (Å²) in [4.78, 5) is 31.9. The molecule has 12 aromatic carbocycles. The second kappa shape index (κ2) is 21.1. The zero-order chi connectivity index (χ0) is 58.1. The van der Waals surface area contributed by atoms with Gasteiger partial charge in [-0.1, -0.05) is 218 Å². The summed E-state index contributed by atoms with van der Waals surface area (Å²) in [6.45, 7) is 0.0490. The van der Waals surface area contributed by atoms with Crippen molar-refractivity contribution < 1.29 is 0 Å². The van der Waals surface area contributed by atoms with Crippen molar-refractivity contribution in [2.24, 2.45) is 0 Å². The molecule has 2 aliphatic rings. The van der Waals surface area contributed by atoms with Gasteiger partial charge in [0.05, 0.1) is 28.1 Å². The zero-order valence-corrected chi connectivity index (χ0v) is 47.6. The van der Waals surface area contributed by atoms with Gasteiger partial charge >= 0.3 is 0 Å². The molecule has 0 aliphatic carbocycles. The molecule has 0 atom stereocenters. The molecule has 5 heterocycles. The lowest BCUT2D eigenvalue weighted by molar-refractivity contribution is 1.06. The number of rotatable bonds is 10. The fourth-order valence-electron chi connectivity index (χ4n) is 13.3. The van der Waals surface area contributed by atoms with Gasteiger partial charge in [-0.25, -0.2) is 24.9 Å². The van der Waals surface area contributed by atoms with E-state index in [-0.39, 0.29) is 6.71 Å². The zero-order valence-electron chi connectivity index (χ0n) is 47.6. The fraction of sp³-hybridized carbons (Fsp3) is 0. The highest BCUT2D eigenvalue weighted by Gasteiger charge is 2.43. The molecular weight excluding hydrogens is 1070 g/mol. The highest BCUT2D eigenvalue weighted by atomic mass is 15.2. The SMILES string of the molecule is c1ccc(-c2cc(-c3ccccc3)nc(-c3ccc(-n4c5ccccc5c5ccccc54)c(-c4nc(-c5ccccc5)nc(-c5cccc(-c6cccc(N7c8ccccc8B8c9ccccc9N(c9ccccc9)c9cccc7c98)c6)c5)n4)c3)n2)cc1. The summed E-state index contributed by atoms with van der Waals surface area (Å²) in [7, 11) is 0. The van der Waals surface area contributed by atoms with E-state index in [9.17, 15) is 0 Å². The lowest BCUT2D eigenvalue weighted by Crippen LogP contribution is -2.61. The van der Waals surface area contributed by atoms with E-state index >= 15 is 0 Å². The lowest BCUT2D eigenvalue weighted by atomic mass is 9.33. The van der Waals surface area contributed by atoms with E-state index in [1.54, 1.807) is 0 Å². The number of aromatic nitrogens is 6. The largest absolute Gasteiger partial charge is 0.311 e. The van der Waals surface area contributed by atoms with Crippen molar-refractivity contribution in [2.45, 2.75) is 0 Å². The van der Waals surface area contributed by atoms with Crippen molar-refractivity contribution in [3.05, 3.63) is 309 Å². The van der Waals surface area contributed by atoms with Gasteiger partial charge in [-0.15, -0.1) is 0 Å². The van der Waals surface area contributed by atoms with Crippen LogP contribution in [0.5, 0.6) is 0 Å². The number of hydrogen-bond donors (Lipinski definition) is 0. The van der Waals surface area contributed by atoms with Crippen LogP contribution in [0.3, 0.4) is 0 Å². The minimum Gasteiger partial charge on any atom is -0.311 e. The molecule has 0 spiro atoms. The minimum atomic E-state index is 0.0490. The Morgan fingerprint density at radius 3 is 1.30 bits per heavy atom. The topological polar surface area (TPSA) is 75.9 Å². The van der Waals surface area contributed by atoms with Crippen molar-refractivity contribution >= 4 is 79.0 Å². The van der Waals surface area contributed by atoms with E-state index in [0.717, 1.165) is 106 Å². The number of para-hydroxylation sites is 5. The Bertz CT molecular complexity index is 5080. The maximum absolute atomic E-state index is 5.56. The third-order valence-electron chi connectivity index (χ3n) is 17.2. The molecule has 17 rings (SSSR count). The molecule has 0 N–H and O–H groups in total. The Balaban J connectivity index is 0.829. The Morgan fingerprint density at radius 1 is 0.250 bits per heavy atom. The van der Waals surface area contributed by atoms with E-state index in [1.807, 2.05) is 54.6 Å². The van der Waals surface area contributed by atoms with Gasteiger partial charge in [0.25, 0.3) is 6.71 Å². The van der Waals surface area contributed by atoms with Gasteiger partial charge in [0.2, 0.25) is 0 Å². The summed E-state index contributed by atoms with van der Waals surface area (Å²) in [5, 5.41) is 2.30. The molecule has 410 valence electrons. The van der Waals surface area contributed by atoms with Crippen LogP contribution in [0, 0.1) is 0 Å². The van der Waals surface area contributed by atoms with Gasteiger partial charge in [-0.3, -0.25) is 0 Å². The first-order valence-electron chi connectivity index (χ1n) is 29.8. The van der Waals surface area contributed by atoms with E-state index in [1.165, 1.54) is 27.8 Å². The Labute approximate surface area is 509 Å². The highest BCUT2D eigenvalue weighted by Crippen LogP contribution is 2.45. The highest BCUT2D eigenvalue weighted by molar-refractivity contribution is 7.00. The summed E-state index contributed by atoms with van der Waals surface area (Å²) >= 11 is 0. The number of benzene rings is 12. The average molecular weight is 1120 g/mol. The third kappa shape index (κ3) is 8.58. The molecule has 3 aromatic heterocycles. The molecule has 0 fully saturated rings. The molecule has 0 saturated heterocycles. The van der Waals surface area contributed by atoms with Gasteiger partial charge < -0.3 is 14.4 Å². The second-order valence-corrected chi connectivity index (χ2v) is 22.4. The quantitative estimate of drug-likeness (QED) is 0.126. The first-order chi connectivity index (χ1) is 43.6. The van der Waals surface area contributed by atoms with Gasteiger partial charge in [0, 0.05) is 78.3 Å². The smallest absolute Gasteiger partial charge is 0.252 e. The Morgan fingerprint density at radius 2 is 0.670 bits per heavy atom.